The highest BCUT2D eigenvalue weighted by Crippen LogP contribution is 2.39. The number of halogens is 1. The monoisotopic (exact) mass is 426 g/mol. The summed E-state index contributed by atoms with van der Waals surface area (Å²) in [7, 11) is 0. The van der Waals surface area contributed by atoms with E-state index in [9.17, 15) is 9.59 Å². The number of amides is 1. The maximum atomic E-state index is 13.4. The van der Waals surface area contributed by atoms with Crippen LogP contribution in [0.3, 0.4) is 0 Å². The molecule has 0 bridgehead atoms. The van der Waals surface area contributed by atoms with Gasteiger partial charge in [-0.1, -0.05) is 44.5 Å². The van der Waals surface area contributed by atoms with Crippen LogP contribution < -0.4 is 4.90 Å². The number of hydrogen-bond acceptors (Lipinski definition) is 5. The van der Waals surface area contributed by atoms with E-state index >= 15 is 0 Å². The van der Waals surface area contributed by atoms with E-state index in [4.69, 9.17) is 16.4 Å². The minimum absolute atomic E-state index is 0.107. The number of nitrogens with zero attached hydrogens (tertiary/aromatic N) is 3. The first-order chi connectivity index (χ1) is 14.3. The third-order valence-electron chi connectivity index (χ3n) is 5.32. The molecule has 1 aromatic rings. The summed E-state index contributed by atoms with van der Waals surface area (Å²) in [6.07, 6.45) is 3.53. The Balaban J connectivity index is 1.70. The van der Waals surface area contributed by atoms with Gasteiger partial charge in [0.05, 0.1) is 11.6 Å². The van der Waals surface area contributed by atoms with Crippen molar-refractivity contribution in [3.63, 3.8) is 0 Å². The van der Waals surface area contributed by atoms with Gasteiger partial charge in [0.1, 0.15) is 11.9 Å². The highest BCUT2D eigenvalue weighted by molar-refractivity contribution is 6.34. The van der Waals surface area contributed by atoms with Crippen LogP contribution in [0.2, 0.25) is 5.02 Å². The van der Waals surface area contributed by atoms with Gasteiger partial charge in [-0.3, -0.25) is 9.59 Å². The molecule has 1 unspecified atom stereocenters. The molecular formula is C22H23ClN4O3. The zero-order chi connectivity index (χ0) is 21.5. The van der Waals surface area contributed by atoms with Crippen LogP contribution in [0.4, 0.5) is 5.69 Å². The number of fused-ring (bicyclic) bond motifs is 1. The number of hydrogen-bond donors (Lipinski definition) is 1. The lowest BCUT2D eigenvalue weighted by molar-refractivity contribution is -0.201. The summed E-state index contributed by atoms with van der Waals surface area (Å²) in [4.78, 5) is 38.6. The van der Waals surface area contributed by atoms with Gasteiger partial charge in [-0.2, -0.15) is 0 Å². The van der Waals surface area contributed by atoms with Crippen LogP contribution in [0.5, 0.6) is 0 Å². The molecule has 1 aromatic carbocycles. The summed E-state index contributed by atoms with van der Waals surface area (Å²) in [5.74, 6) is 0.607. The molecule has 3 heterocycles. The van der Waals surface area contributed by atoms with Crippen LogP contribution in [-0.2, 0) is 14.4 Å². The number of hydroxylamine groups is 2. The van der Waals surface area contributed by atoms with E-state index in [-0.39, 0.29) is 5.91 Å². The van der Waals surface area contributed by atoms with Crippen LogP contribution in [0.1, 0.15) is 20.8 Å². The average Bonchev–Trinajstić information content (AvgIpc) is 3.13. The topological polar surface area (TPSA) is 78.5 Å². The Morgan fingerprint density at radius 2 is 2.07 bits per heavy atom. The van der Waals surface area contributed by atoms with Crippen molar-refractivity contribution in [2.75, 3.05) is 18.0 Å². The summed E-state index contributed by atoms with van der Waals surface area (Å²) in [6, 6.07) is 8.98. The fourth-order valence-corrected chi connectivity index (χ4v) is 4.26. The Hall–Kier alpha value is -2.90. The van der Waals surface area contributed by atoms with Gasteiger partial charge >= 0.3 is 6.47 Å². The first-order valence-corrected chi connectivity index (χ1v) is 10.1. The number of nitrogens with one attached hydrogen (secondary N) is 1. The number of H-pyrrole nitrogens is 1. The second-order valence-corrected chi connectivity index (χ2v) is 8.78. The normalized spacial score (nSPS) is 18.1. The standard InChI is InChI=1S/C22H23ClN4O3/c1-22(2,3)19-21(29)26(9-10-27(19)30-13-28)15-6-4-5-14(11-15)16-12-25-20-18(16)17(23)7-8-24-20/h4-8,11-13,19H,9-10H2,1-3H3,(H,24,25). The van der Waals surface area contributed by atoms with Gasteiger partial charge in [-0.05, 0) is 29.2 Å². The van der Waals surface area contributed by atoms with Crippen LogP contribution >= 0.6 is 11.6 Å². The Morgan fingerprint density at radius 3 is 2.80 bits per heavy atom. The number of benzene rings is 1. The molecule has 4 rings (SSSR count). The summed E-state index contributed by atoms with van der Waals surface area (Å²) in [5, 5.41) is 2.09. The summed E-state index contributed by atoms with van der Waals surface area (Å²) in [6.45, 7) is 7.08. The molecule has 8 heteroatoms. The van der Waals surface area contributed by atoms with Gasteiger partial charge in [0, 0.05) is 35.8 Å². The fourth-order valence-electron chi connectivity index (χ4n) is 4.01. The quantitative estimate of drug-likeness (QED) is 0.638. The van der Waals surface area contributed by atoms with Gasteiger partial charge in [0.2, 0.25) is 5.91 Å². The third kappa shape index (κ3) is 3.55. The number of pyridine rings is 1. The second-order valence-electron chi connectivity index (χ2n) is 8.37. The van der Waals surface area contributed by atoms with E-state index in [1.807, 2.05) is 45.0 Å². The van der Waals surface area contributed by atoms with Crippen molar-refractivity contribution in [2.45, 2.75) is 26.8 Å². The molecule has 3 aliphatic heterocycles. The molecule has 30 heavy (non-hydrogen) atoms. The number of rotatable bonds is 4. The summed E-state index contributed by atoms with van der Waals surface area (Å²) < 4.78 is 0. The van der Waals surface area contributed by atoms with Crippen LogP contribution in [0.25, 0.3) is 22.5 Å². The predicted octanol–water partition coefficient (Wildman–Crippen LogP) is 3.99. The van der Waals surface area contributed by atoms with E-state index < -0.39 is 11.5 Å². The maximum absolute atomic E-state index is 13.4. The van der Waals surface area contributed by atoms with Crippen molar-refractivity contribution in [1.29, 1.82) is 0 Å². The number of carbonyl (C=O) groups excluding carboxylic acids is 2. The lowest BCUT2D eigenvalue weighted by atomic mass is 9.84. The summed E-state index contributed by atoms with van der Waals surface area (Å²) in [5.41, 5.74) is 3.04. The lowest BCUT2D eigenvalue weighted by Crippen LogP contribution is -2.61. The molecule has 0 radical (unpaired) electrons. The molecule has 1 atom stereocenters. The third-order valence-corrected chi connectivity index (χ3v) is 5.63. The zero-order valence-corrected chi connectivity index (χ0v) is 17.8. The smallest absolute Gasteiger partial charge is 0.313 e. The second kappa shape index (κ2) is 7.74. The Labute approximate surface area is 179 Å². The molecule has 1 N–H and O–H groups in total. The van der Waals surface area contributed by atoms with Gasteiger partial charge < -0.3 is 14.7 Å². The molecule has 1 saturated heterocycles. The number of aromatic nitrogens is 2. The van der Waals surface area contributed by atoms with E-state index in [2.05, 4.69) is 9.97 Å². The minimum Gasteiger partial charge on any atom is -0.370 e. The molecule has 0 saturated carbocycles. The highest BCUT2D eigenvalue weighted by Gasteiger charge is 2.44. The van der Waals surface area contributed by atoms with Gasteiger partial charge in [-0.25, -0.2) is 4.98 Å². The highest BCUT2D eigenvalue weighted by atomic mass is 35.5. The van der Waals surface area contributed by atoms with Crippen molar-refractivity contribution in [3.8, 4) is 22.5 Å². The SMILES string of the molecule is CC(C)(C)C1C(=O)N(c2cccc(-c3cnc4[nH]ccc(Cl)c3-4)c2)CCN1OC=O. The van der Waals surface area contributed by atoms with E-state index in [1.165, 1.54) is 5.06 Å². The van der Waals surface area contributed by atoms with E-state index in [1.54, 1.807) is 23.4 Å². The minimum atomic E-state index is -0.578. The number of aromatic amines is 1. The molecule has 1 fully saturated rings. The maximum Gasteiger partial charge on any atom is 0.313 e. The van der Waals surface area contributed by atoms with Crippen molar-refractivity contribution in [3.05, 3.63) is 47.7 Å². The molecule has 0 spiro atoms. The van der Waals surface area contributed by atoms with Crippen molar-refractivity contribution in [1.82, 2.24) is 15.0 Å². The van der Waals surface area contributed by atoms with Gasteiger partial charge in [0.25, 0.3) is 0 Å². The van der Waals surface area contributed by atoms with Crippen LogP contribution in [0, 0.1) is 5.41 Å². The van der Waals surface area contributed by atoms with Gasteiger partial charge in [0.15, 0.2) is 0 Å². The van der Waals surface area contributed by atoms with Crippen LogP contribution in [0.15, 0.2) is 42.7 Å². The van der Waals surface area contributed by atoms with Crippen molar-refractivity contribution >= 4 is 29.7 Å². The van der Waals surface area contributed by atoms with Crippen molar-refractivity contribution in [2.24, 2.45) is 5.41 Å². The summed E-state index contributed by atoms with van der Waals surface area (Å²) >= 11 is 6.41. The first kappa shape index (κ1) is 20.4. The Kier molecular flexibility index (Phi) is 5.26. The van der Waals surface area contributed by atoms with Crippen LogP contribution in [-0.4, -0.2) is 46.5 Å². The first-order valence-electron chi connectivity index (χ1n) is 9.71. The molecule has 156 valence electrons. The fraction of sp³-hybridized carbons (Fsp3) is 0.318. The molecule has 7 nitrogen and oxygen atoms in total. The zero-order valence-electron chi connectivity index (χ0n) is 17.1. The van der Waals surface area contributed by atoms with E-state index in [0.29, 0.717) is 30.4 Å². The molecule has 0 aromatic heterocycles. The molecule has 3 aliphatic rings. The molecule has 1 amide bonds. The van der Waals surface area contributed by atoms with Crippen molar-refractivity contribution < 1.29 is 14.4 Å². The lowest BCUT2D eigenvalue weighted by Gasteiger charge is -2.43. The van der Waals surface area contributed by atoms with E-state index in [0.717, 1.165) is 22.4 Å². The Bertz CT molecular complexity index is 1060. The Morgan fingerprint density at radius 1 is 1.27 bits per heavy atom. The predicted molar refractivity (Wildman–Crippen MR) is 115 cm³/mol. The number of piperazine rings is 1. The molecular weight excluding hydrogens is 404 g/mol. The van der Waals surface area contributed by atoms with Gasteiger partial charge in [-0.15, -0.1) is 5.06 Å². The average molecular weight is 427 g/mol. The largest absolute Gasteiger partial charge is 0.370 e. The number of carbonyl (C=O) groups is 2. The molecule has 0 aliphatic carbocycles. The number of anilines is 1.